The number of aromatic amines is 2. The van der Waals surface area contributed by atoms with Gasteiger partial charge in [-0.05, 0) is 56.2 Å². The van der Waals surface area contributed by atoms with Crippen molar-refractivity contribution in [3.63, 3.8) is 0 Å². The SMILES string of the molecule is CC(C)[C@H](NC(=O)[C@@H](N)CNC(=O)c1[nH]c(=O)[nH]c(=O)c1F)C(=O)N[C@@H](CC1CCCCC1)C(=O)NC(C)(C)Cc1ccc(Br)cc1. The number of H-pyrrole nitrogens is 2. The van der Waals surface area contributed by atoms with Crippen molar-refractivity contribution in [2.24, 2.45) is 17.6 Å². The largest absolute Gasteiger partial charge is 0.349 e. The molecule has 8 N–H and O–H groups in total. The lowest BCUT2D eigenvalue weighted by molar-refractivity contribution is -0.134. The van der Waals surface area contributed by atoms with Crippen molar-refractivity contribution in [2.45, 2.75) is 96.3 Å². The summed E-state index contributed by atoms with van der Waals surface area (Å²) in [5.41, 5.74) is 2.99. The number of halogens is 2. The highest BCUT2D eigenvalue weighted by Gasteiger charge is 2.34. The van der Waals surface area contributed by atoms with Crippen molar-refractivity contribution in [1.29, 1.82) is 0 Å². The molecule has 1 aromatic carbocycles. The summed E-state index contributed by atoms with van der Waals surface area (Å²) in [6.45, 7) is 6.80. The van der Waals surface area contributed by atoms with E-state index in [0.717, 1.165) is 42.1 Å². The summed E-state index contributed by atoms with van der Waals surface area (Å²) in [6.07, 6.45) is 6.20. The molecule has 258 valence electrons. The second-order valence-electron chi connectivity index (χ2n) is 13.1. The van der Waals surface area contributed by atoms with Gasteiger partial charge in [0.25, 0.3) is 11.5 Å². The predicted molar refractivity (Wildman–Crippen MR) is 178 cm³/mol. The van der Waals surface area contributed by atoms with Gasteiger partial charge in [-0.2, -0.15) is 4.39 Å². The van der Waals surface area contributed by atoms with Gasteiger partial charge in [-0.3, -0.25) is 29.0 Å². The van der Waals surface area contributed by atoms with Crippen molar-refractivity contribution in [3.8, 4) is 0 Å². The maximum absolute atomic E-state index is 14.0. The van der Waals surface area contributed by atoms with E-state index in [1.165, 1.54) is 0 Å². The highest BCUT2D eigenvalue weighted by Crippen LogP contribution is 2.28. The molecular weight excluding hydrogens is 677 g/mol. The van der Waals surface area contributed by atoms with Gasteiger partial charge in [-0.25, -0.2) is 4.79 Å². The molecule has 1 aliphatic carbocycles. The molecule has 3 atom stereocenters. The van der Waals surface area contributed by atoms with Gasteiger partial charge in [-0.1, -0.05) is 74.0 Å². The topological polar surface area (TPSA) is 208 Å². The Hall–Kier alpha value is -3.85. The van der Waals surface area contributed by atoms with Crippen LogP contribution in [0.5, 0.6) is 0 Å². The van der Waals surface area contributed by atoms with Crippen LogP contribution in [0, 0.1) is 17.7 Å². The number of carbonyl (C=O) groups is 4. The Balaban J connectivity index is 1.67. The number of amides is 4. The first-order valence-electron chi connectivity index (χ1n) is 15.8. The average molecular weight is 723 g/mol. The lowest BCUT2D eigenvalue weighted by Crippen LogP contribution is -2.60. The molecule has 47 heavy (non-hydrogen) atoms. The number of nitrogens with one attached hydrogen (secondary N) is 6. The molecular formula is C32H45BrFN7O6. The average Bonchev–Trinajstić information content (AvgIpc) is 3.00. The van der Waals surface area contributed by atoms with Gasteiger partial charge in [0.2, 0.25) is 23.5 Å². The quantitative estimate of drug-likeness (QED) is 0.154. The summed E-state index contributed by atoms with van der Waals surface area (Å²) in [6, 6.07) is 4.56. The van der Waals surface area contributed by atoms with E-state index in [2.05, 4.69) is 37.2 Å². The van der Waals surface area contributed by atoms with E-state index in [1.54, 1.807) is 18.8 Å². The third-order valence-electron chi connectivity index (χ3n) is 8.13. The second-order valence-corrected chi connectivity index (χ2v) is 14.0. The Kier molecular flexibility index (Phi) is 13.5. The number of nitrogens with two attached hydrogens (primary N) is 1. The molecule has 13 nitrogen and oxygen atoms in total. The van der Waals surface area contributed by atoms with E-state index in [0.29, 0.717) is 12.8 Å². The van der Waals surface area contributed by atoms with E-state index >= 15 is 0 Å². The van der Waals surface area contributed by atoms with Crippen molar-refractivity contribution >= 4 is 39.6 Å². The van der Waals surface area contributed by atoms with Crippen LogP contribution in [-0.2, 0) is 20.8 Å². The summed E-state index contributed by atoms with van der Waals surface area (Å²) in [7, 11) is 0. The maximum atomic E-state index is 14.0. The van der Waals surface area contributed by atoms with Crippen LogP contribution in [0.25, 0.3) is 0 Å². The molecule has 0 radical (unpaired) electrons. The first-order chi connectivity index (χ1) is 22.1. The van der Waals surface area contributed by atoms with E-state index in [1.807, 2.05) is 43.1 Å². The fourth-order valence-electron chi connectivity index (χ4n) is 5.63. The van der Waals surface area contributed by atoms with Crippen LogP contribution in [0.2, 0.25) is 0 Å². The lowest BCUT2D eigenvalue weighted by Gasteiger charge is -2.33. The molecule has 2 aromatic rings. The molecule has 1 aromatic heterocycles. The minimum atomic E-state index is -1.50. The molecule has 1 fully saturated rings. The van der Waals surface area contributed by atoms with Gasteiger partial charge < -0.3 is 32.0 Å². The van der Waals surface area contributed by atoms with Gasteiger partial charge in [-0.15, -0.1) is 0 Å². The Bertz CT molecular complexity index is 1540. The zero-order valence-electron chi connectivity index (χ0n) is 27.1. The summed E-state index contributed by atoms with van der Waals surface area (Å²) in [4.78, 5) is 79.1. The van der Waals surface area contributed by atoms with Gasteiger partial charge in [0.1, 0.15) is 23.8 Å². The smallest absolute Gasteiger partial charge is 0.326 e. The van der Waals surface area contributed by atoms with Crippen LogP contribution in [0.1, 0.15) is 82.3 Å². The normalized spacial score (nSPS) is 15.7. The van der Waals surface area contributed by atoms with Crippen LogP contribution in [-0.4, -0.2) is 63.8 Å². The fraction of sp³-hybridized carbons (Fsp3) is 0.562. The number of hydrogen-bond donors (Lipinski definition) is 7. The van der Waals surface area contributed by atoms with E-state index in [4.69, 9.17) is 5.73 Å². The molecule has 1 heterocycles. The molecule has 15 heteroatoms. The zero-order valence-corrected chi connectivity index (χ0v) is 28.7. The van der Waals surface area contributed by atoms with Gasteiger partial charge in [0, 0.05) is 16.6 Å². The van der Waals surface area contributed by atoms with Crippen molar-refractivity contribution in [2.75, 3.05) is 6.54 Å². The lowest BCUT2D eigenvalue weighted by atomic mass is 9.84. The summed E-state index contributed by atoms with van der Waals surface area (Å²) in [5, 5.41) is 10.8. The number of aromatic nitrogens is 2. The van der Waals surface area contributed by atoms with E-state index < -0.39 is 76.6 Å². The monoisotopic (exact) mass is 721 g/mol. The van der Waals surface area contributed by atoms with Crippen LogP contribution in [0.3, 0.4) is 0 Å². The van der Waals surface area contributed by atoms with Crippen molar-refractivity contribution < 1.29 is 23.6 Å². The minimum Gasteiger partial charge on any atom is -0.349 e. The van der Waals surface area contributed by atoms with Crippen LogP contribution in [0.4, 0.5) is 4.39 Å². The Morgan fingerprint density at radius 1 is 0.979 bits per heavy atom. The zero-order chi connectivity index (χ0) is 34.9. The third kappa shape index (κ3) is 11.4. The molecule has 0 unspecified atom stereocenters. The number of benzene rings is 1. The van der Waals surface area contributed by atoms with Crippen molar-refractivity contribution in [3.05, 3.63) is 66.7 Å². The highest BCUT2D eigenvalue weighted by molar-refractivity contribution is 9.10. The first kappa shape index (κ1) is 37.6. The standard InChI is InChI=1S/C32H45BrFN7O6/c1-17(2)24(38-26(42)21(35)16-36-29(45)25-23(34)28(44)40-31(47)39-25)30(46)37-22(14-18-8-6-5-7-9-18)27(43)41-32(3,4)15-19-10-12-20(33)13-11-19/h10-13,17-18,21-22,24H,5-9,14-16,35H2,1-4H3,(H,36,45)(H,37,46)(H,38,42)(H,41,43)(H2,39,40,44,47)/t21-,22-,24-/m0/s1. The number of carbonyl (C=O) groups excluding carboxylic acids is 4. The Morgan fingerprint density at radius 3 is 2.23 bits per heavy atom. The molecule has 0 saturated heterocycles. The number of rotatable bonds is 14. The first-order valence-corrected chi connectivity index (χ1v) is 16.6. The molecule has 0 spiro atoms. The van der Waals surface area contributed by atoms with Gasteiger partial charge in [0.05, 0.1) is 0 Å². The highest BCUT2D eigenvalue weighted by atomic mass is 79.9. The number of hydrogen-bond acceptors (Lipinski definition) is 7. The Labute approximate surface area is 280 Å². The summed E-state index contributed by atoms with van der Waals surface area (Å²) in [5.74, 6) is -4.46. The van der Waals surface area contributed by atoms with Crippen LogP contribution < -0.4 is 38.2 Å². The Morgan fingerprint density at radius 2 is 1.62 bits per heavy atom. The second kappa shape index (κ2) is 16.8. The van der Waals surface area contributed by atoms with Crippen LogP contribution in [0.15, 0.2) is 38.3 Å². The fourth-order valence-corrected chi connectivity index (χ4v) is 5.90. The van der Waals surface area contributed by atoms with Crippen molar-refractivity contribution in [1.82, 2.24) is 31.2 Å². The molecule has 3 rings (SSSR count). The summed E-state index contributed by atoms with van der Waals surface area (Å²) < 4.78 is 15.0. The minimum absolute atomic E-state index is 0.262. The molecule has 0 bridgehead atoms. The molecule has 4 amide bonds. The summed E-state index contributed by atoms with van der Waals surface area (Å²) >= 11 is 3.43. The van der Waals surface area contributed by atoms with Crippen LogP contribution >= 0.6 is 15.9 Å². The molecule has 1 aliphatic rings. The molecule has 1 saturated carbocycles. The van der Waals surface area contributed by atoms with E-state index in [-0.39, 0.29) is 11.8 Å². The van der Waals surface area contributed by atoms with Gasteiger partial charge in [0.15, 0.2) is 0 Å². The van der Waals surface area contributed by atoms with E-state index in [9.17, 15) is 33.2 Å². The predicted octanol–water partition coefficient (Wildman–Crippen LogP) is 1.76. The molecule has 0 aliphatic heterocycles. The maximum Gasteiger partial charge on any atom is 0.326 e. The third-order valence-corrected chi connectivity index (χ3v) is 8.65. The van der Waals surface area contributed by atoms with Gasteiger partial charge >= 0.3 is 5.69 Å².